The Bertz CT molecular complexity index is 295. The van der Waals surface area contributed by atoms with Crippen LogP contribution in [-0.2, 0) is 20.7 Å². The number of rotatable bonds is 5. The van der Waals surface area contributed by atoms with Crippen molar-refractivity contribution < 1.29 is 14.3 Å². The van der Waals surface area contributed by atoms with Crippen molar-refractivity contribution in [1.29, 1.82) is 0 Å². The molecule has 0 amide bonds. The Morgan fingerprint density at radius 2 is 2.00 bits per heavy atom. The van der Waals surface area contributed by atoms with Gasteiger partial charge in [0.25, 0.3) is 0 Å². The summed E-state index contributed by atoms with van der Waals surface area (Å²) in [6.45, 7) is 2.17. The van der Waals surface area contributed by atoms with Crippen LogP contribution in [0.1, 0.15) is 12.5 Å². The van der Waals surface area contributed by atoms with E-state index in [0.717, 1.165) is 5.56 Å². The zero-order valence-corrected chi connectivity index (χ0v) is 9.10. The number of esters is 1. The number of benzene rings is 1. The fourth-order valence-corrected chi connectivity index (χ4v) is 1.33. The predicted octanol–water partition coefficient (Wildman–Crippen LogP) is 1.81. The van der Waals surface area contributed by atoms with Gasteiger partial charge in [-0.25, -0.2) is 4.79 Å². The van der Waals surface area contributed by atoms with Gasteiger partial charge >= 0.3 is 5.97 Å². The van der Waals surface area contributed by atoms with Crippen molar-refractivity contribution in [2.75, 3.05) is 13.7 Å². The van der Waals surface area contributed by atoms with Crippen LogP contribution in [0.5, 0.6) is 0 Å². The highest BCUT2D eigenvalue weighted by atomic mass is 16.6. The van der Waals surface area contributed by atoms with E-state index in [2.05, 4.69) is 0 Å². The minimum atomic E-state index is -0.507. The van der Waals surface area contributed by atoms with Gasteiger partial charge in [-0.05, 0) is 12.5 Å². The molecule has 0 saturated heterocycles. The highest BCUT2D eigenvalue weighted by molar-refractivity contribution is 5.75. The lowest BCUT2D eigenvalue weighted by molar-refractivity contribution is -0.154. The SMILES string of the molecule is CCOC(=O)[C@H](Cc1ccccc1)OC. The zero-order valence-electron chi connectivity index (χ0n) is 9.10. The van der Waals surface area contributed by atoms with E-state index >= 15 is 0 Å². The smallest absolute Gasteiger partial charge is 0.335 e. The van der Waals surface area contributed by atoms with Crippen LogP contribution in [0.4, 0.5) is 0 Å². The van der Waals surface area contributed by atoms with Crippen LogP contribution < -0.4 is 0 Å². The van der Waals surface area contributed by atoms with Gasteiger partial charge in [0, 0.05) is 13.5 Å². The third kappa shape index (κ3) is 3.72. The van der Waals surface area contributed by atoms with E-state index in [4.69, 9.17) is 9.47 Å². The summed E-state index contributed by atoms with van der Waals surface area (Å²) < 4.78 is 10.00. The van der Waals surface area contributed by atoms with Gasteiger partial charge < -0.3 is 9.47 Å². The Kier molecular flexibility index (Phi) is 4.84. The lowest BCUT2D eigenvalue weighted by Gasteiger charge is -2.13. The molecule has 1 aromatic carbocycles. The highest BCUT2D eigenvalue weighted by Crippen LogP contribution is 2.06. The summed E-state index contributed by atoms with van der Waals surface area (Å²) >= 11 is 0. The quantitative estimate of drug-likeness (QED) is 0.692. The van der Waals surface area contributed by atoms with E-state index in [-0.39, 0.29) is 5.97 Å². The number of hydrogen-bond acceptors (Lipinski definition) is 3. The van der Waals surface area contributed by atoms with Gasteiger partial charge in [0.05, 0.1) is 6.61 Å². The molecular formula is C12H16O3. The van der Waals surface area contributed by atoms with Gasteiger partial charge in [-0.3, -0.25) is 0 Å². The molecular weight excluding hydrogens is 192 g/mol. The molecule has 3 nitrogen and oxygen atoms in total. The van der Waals surface area contributed by atoms with Crippen molar-refractivity contribution in [2.24, 2.45) is 0 Å². The monoisotopic (exact) mass is 208 g/mol. The van der Waals surface area contributed by atoms with E-state index in [1.165, 1.54) is 7.11 Å². The summed E-state index contributed by atoms with van der Waals surface area (Å²) in [5.74, 6) is -0.302. The first-order valence-electron chi connectivity index (χ1n) is 5.01. The Balaban J connectivity index is 2.58. The minimum Gasteiger partial charge on any atom is -0.464 e. The summed E-state index contributed by atoms with van der Waals surface area (Å²) in [4.78, 5) is 11.4. The van der Waals surface area contributed by atoms with Gasteiger partial charge in [-0.15, -0.1) is 0 Å². The van der Waals surface area contributed by atoms with Crippen molar-refractivity contribution in [3.8, 4) is 0 Å². The lowest BCUT2D eigenvalue weighted by atomic mass is 10.1. The third-order valence-corrected chi connectivity index (χ3v) is 2.10. The van der Waals surface area contributed by atoms with Crippen molar-refractivity contribution in [1.82, 2.24) is 0 Å². The van der Waals surface area contributed by atoms with Gasteiger partial charge in [0.15, 0.2) is 6.10 Å². The predicted molar refractivity (Wildman–Crippen MR) is 57.6 cm³/mol. The number of carbonyl (C=O) groups is 1. The normalized spacial score (nSPS) is 12.1. The molecule has 0 aromatic heterocycles. The molecule has 0 aliphatic heterocycles. The summed E-state index contributed by atoms with van der Waals surface area (Å²) in [5.41, 5.74) is 1.07. The van der Waals surface area contributed by atoms with Crippen LogP contribution in [0.15, 0.2) is 30.3 Å². The van der Waals surface area contributed by atoms with Crippen LogP contribution >= 0.6 is 0 Å². The molecule has 0 aliphatic carbocycles. The fourth-order valence-electron chi connectivity index (χ4n) is 1.33. The van der Waals surface area contributed by atoms with Crippen molar-refractivity contribution >= 4 is 5.97 Å². The van der Waals surface area contributed by atoms with E-state index < -0.39 is 6.10 Å². The molecule has 0 saturated carbocycles. The van der Waals surface area contributed by atoms with Crippen LogP contribution in [-0.4, -0.2) is 25.8 Å². The summed E-state index contributed by atoms with van der Waals surface area (Å²) in [6.07, 6.45) is 0.0447. The molecule has 0 spiro atoms. The molecule has 1 aromatic rings. The average Bonchev–Trinajstić information content (AvgIpc) is 2.27. The number of ether oxygens (including phenoxy) is 2. The van der Waals surface area contributed by atoms with E-state index in [1.54, 1.807) is 6.92 Å². The molecule has 0 radical (unpaired) electrons. The van der Waals surface area contributed by atoms with E-state index in [0.29, 0.717) is 13.0 Å². The van der Waals surface area contributed by atoms with Crippen LogP contribution in [0.3, 0.4) is 0 Å². The third-order valence-electron chi connectivity index (χ3n) is 2.10. The molecule has 3 heteroatoms. The van der Waals surface area contributed by atoms with Gasteiger partial charge in [-0.1, -0.05) is 30.3 Å². The number of methoxy groups -OCH3 is 1. The Morgan fingerprint density at radius 3 is 2.53 bits per heavy atom. The number of hydrogen-bond donors (Lipinski definition) is 0. The summed E-state index contributed by atoms with van der Waals surface area (Å²) in [6, 6.07) is 9.74. The van der Waals surface area contributed by atoms with E-state index in [9.17, 15) is 4.79 Å². The molecule has 15 heavy (non-hydrogen) atoms. The topological polar surface area (TPSA) is 35.5 Å². The standard InChI is InChI=1S/C12H16O3/c1-3-15-12(13)11(14-2)9-10-7-5-4-6-8-10/h4-8,11H,3,9H2,1-2H3/t11-/m0/s1. The maximum atomic E-state index is 11.4. The molecule has 0 heterocycles. The van der Waals surface area contributed by atoms with Crippen LogP contribution in [0.25, 0.3) is 0 Å². The van der Waals surface area contributed by atoms with Gasteiger partial charge in [0.2, 0.25) is 0 Å². The first-order valence-corrected chi connectivity index (χ1v) is 5.01. The van der Waals surface area contributed by atoms with Crippen LogP contribution in [0, 0.1) is 0 Å². The molecule has 0 bridgehead atoms. The second-order valence-electron chi connectivity index (χ2n) is 3.17. The molecule has 1 atom stereocenters. The average molecular weight is 208 g/mol. The van der Waals surface area contributed by atoms with Crippen LogP contribution in [0.2, 0.25) is 0 Å². The Morgan fingerprint density at radius 1 is 1.33 bits per heavy atom. The molecule has 0 aliphatic rings. The second-order valence-corrected chi connectivity index (χ2v) is 3.17. The van der Waals surface area contributed by atoms with Crippen molar-refractivity contribution in [3.63, 3.8) is 0 Å². The molecule has 0 N–H and O–H groups in total. The molecule has 1 rings (SSSR count). The summed E-state index contributed by atoms with van der Waals surface area (Å²) in [5, 5.41) is 0. The van der Waals surface area contributed by atoms with E-state index in [1.807, 2.05) is 30.3 Å². The van der Waals surface area contributed by atoms with Gasteiger partial charge in [-0.2, -0.15) is 0 Å². The highest BCUT2D eigenvalue weighted by Gasteiger charge is 2.18. The Hall–Kier alpha value is -1.35. The molecule has 0 unspecified atom stereocenters. The maximum absolute atomic E-state index is 11.4. The fraction of sp³-hybridized carbons (Fsp3) is 0.417. The first-order chi connectivity index (χ1) is 7.27. The lowest BCUT2D eigenvalue weighted by Crippen LogP contribution is -2.27. The number of carbonyl (C=O) groups excluding carboxylic acids is 1. The second kappa shape index (κ2) is 6.19. The summed E-state index contributed by atoms with van der Waals surface area (Å²) in [7, 11) is 1.52. The van der Waals surface area contributed by atoms with Crippen molar-refractivity contribution in [2.45, 2.75) is 19.4 Å². The minimum absolute atomic E-state index is 0.302. The first kappa shape index (κ1) is 11.7. The zero-order chi connectivity index (χ0) is 11.1. The van der Waals surface area contributed by atoms with Gasteiger partial charge in [0.1, 0.15) is 0 Å². The molecule has 0 fully saturated rings. The van der Waals surface area contributed by atoms with Crippen molar-refractivity contribution in [3.05, 3.63) is 35.9 Å². The molecule has 82 valence electrons. The largest absolute Gasteiger partial charge is 0.464 e. The Labute approximate surface area is 90.0 Å². The maximum Gasteiger partial charge on any atom is 0.335 e.